The largest absolute Gasteiger partial charge is 0.389 e. The Kier molecular flexibility index (Phi) is 3.72. The maximum atomic E-state index is 5.32. The van der Waals surface area contributed by atoms with Crippen molar-refractivity contribution >= 4 is 12.1 Å². The van der Waals surface area contributed by atoms with E-state index in [1.165, 1.54) is 6.20 Å². The molecule has 5 heteroatoms. The van der Waals surface area contributed by atoms with Crippen molar-refractivity contribution in [2.45, 2.75) is 0 Å². The van der Waals surface area contributed by atoms with Crippen molar-refractivity contribution in [2.24, 2.45) is 15.8 Å². The Morgan fingerprint density at radius 3 is 3.31 bits per heavy atom. The third-order valence-electron chi connectivity index (χ3n) is 1.41. The summed E-state index contributed by atoms with van der Waals surface area (Å²) in [5, 5.41) is 6.88. The summed E-state index contributed by atoms with van der Waals surface area (Å²) in [5.41, 5.74) is 8.96. The minimum absolute atomic E-state index is 0.599. The summed E-state index contributed by atoms with van der Waals surface area (Å²) in [4.78, 5) is 3.99. The Hall–Kier alpha value is -1.62. The van der Waals surface area contributed by atoms with Crippen LogP contribution in [0.3, 0.4) is 0 Å². The second-order valence-electron chi connectivity index (χ2n) is 2.37. The lowest BCUT2D eigenvalue weighted by molar-refractivity contribution is 0.841. The number of rotatable bonds is 4. The summed E-state index contributed by atoms with van der Waals surface area (Å²) < 4.78 is 0. The fourth-order valence-electron chi connectivity index (χ4n) is 0.854. The van der Waals surface area contributed by atoms with E-state index >= 15 is 0 Å². The molecule has 70 valence electrons. The third-order valence-corrected chi connectivity index (χ3v) is 1.41. The highest BCUT2D eigenvalue weighted by molar-refractivity contribution is 6.18. The number of aliphatic imine (C=N–C) groups is 1. The van der Waals surface area contributed by atoms with Gasteiger partial charge < -0.3 is 11.1 Å². The summed E-state index contributed by atoms with van der Waals surface area (Å²) in [6.07, 6.45) is 4.97. The van der Waals surface area contributed by atoms with Crippen molar-refractivity contribution in [3.63, 3.8) is 0 Å². The van der Waals surface area contributed by atoms with E-state index in [4.69, 9.17) is 5.73 Å². The van der Waals surface area contributed by atoms with Crippen LogP contribution in [0.5, 0.6) is 0 Å². The monoisotopic (exact) mass is 179 g/mol. The summed E-state index contributed by atoms with van der Waals surface area (Å²) in [6, 6.07) is 0. The molecule has 0 saturated heterocycles. The molecule has 13 heavy (non-hydrogen) atoms. The zero-order valence-electron chi connectivity index (χ0n) is 7.33. The molecule has 1 rings (SSSR count). The second-order valence-corrected chi connectivity index (χ2v) is 2.37. The second kappa shape index (κ2) is 5.10. The van der Waals surface area contributed by atoms with Gasteiger partial charge in [-0.25, -0.2) is 4.99 Å². The Balaban J connectivity index is 2.56. The van der Waals surface area contributed by atoms with E-state index in [2.05, 4.69) is 27.4 Å². The highest BCUT2D eigenvalue weighted by Crippen LogP contribution is 1.98. The molecule has 0 radical (unpaired) electrons. The molecule has 0 aliphatic carbocycles. The topological polar surface area (TPSA) is 74.8 Å². The molecule has 0 spiro atoms. The molecule has 0 aromatic carbocycles. The molecule has 0 aromatic rings. The van der Waals surface area contributed by atoms with Crippen molar-refractivity contribution in [1.82, 2.24) is 10.7 Å². The predicted molar refractivity (Wildman–Crippen MR) is 54.4 cm³/mol. The van der Waals surface area contributed by atoms with Gasteiger partial charge in [0.05, 0.1) is 11.8 Å². The summed E-state index contributed by atoms with van der Waals surface area (Å²) >= 11 is 0. The number of hydrogen-bond donors (Lipinski definition) is 3. The number of nitrogens with two attached hydrogens (primary N) is 1. The zero-order chi connectivity index (χ0) is 9.52. The molecule has 0 atom stereocenters. The van der Waals surface area contributed by atoms with E-state index in [0.717, 1.165) is 12.1 Å². The summed E-state index contributed by atoms with van der Waals surface area (Å²) in [7, 11) is 0. The van der Waals surface area contributed by atoms with Crippen molar-refractivity contribution < 1.29 is 0 Å². The number of amidine groups is 1. The average Bonchev–Trinajstić information content (AvgIpc) is 2.54. The molecule has 0 bridgehead atoms. The molecule has 1 aliphatic rings. The van der Waals surface area contributed by atoms with Gasteiger partial charge in [0.15, 0.2) is 5.84 Å². The van der Waals surface area contributed by atoms with E-state index in [0.29, 0.717) is 12.4 Å². The molecule has 0 saturated carbocycles. The van der Waals surface area contributed by atoms with Gasteiger partial charge in [-0.05, 0) is 0 Å². The van der Waals surface area contributed by atoms with Crippen LogP contribution >= 0.6 is 0 Å². The van der Waals surface area contributed by atoms with E-state index < -0.39 is 0 Å². The zero-order valence-corrected chi connectivity index (χ0v) is 7.33. The van der Waals surface area contributed by atoms with E-state index in [1.54, 1.807) is 6.21 Å². The van der Waals surface area contributed by atoms with Gasteiger partial charge >= 0.3 is 0 Å². The van der Waals surface area contributed by atoms with E-state index in [9.17, 15) is 0 Å². The first kappa shape index (κ1) is 9.47. The number of hydrazone groups is 1. The van der Waals surface area contributed by atoms with Gasteiger partial charge in [0.2, 0.25) is 0 Å². The number of nitrogens with one attached hydrogen (secondary N) is 2. The minimum atomic E-state index is 0.599. The van der Waals surface area contributed by atoms with Crippen LogP contribution in [0.2, 0.25) is 0 Å². The normalized spacial score (nSPS) is 20.7. The van der Waals surface area contributed by atoms with Crippen LogP contribution < -0.4 is 16.5 Å². The van der Waals surface area contributed by atoms with Gasteiger partial charge in [0.1, 0.15) is 0 Å². The maximum absolute atomic E-state index is 5.32. The van der Waals surface area contributed by atoms with Crippen LogP contribution in [-0.4, -0.2) is 25.1 Å². The molecule has 0 amide bonds. The first-order valence-corrected chi connectivity index (χ1v) is 4.00. The average molecular weight is 179 g/mol. The predicted octanol–water partition coefficient (Wildman–Crippen LogP) is -0.450. The van der Waals surface area contributed by atoms with Crippen molar-refractivity contribution in [1.29, 1.82) is 0 Å². The van der Waals surface area contributed by atoms with Gasteiger partial charge in [0.25, 0.3) is 0 Å². The van der Waals surface area contributed by atoms with Crippen LogP contribution in [0, 0.1) is 0 Å². The maximum Gasteiger partial charge on any atom is 0.156 e. The van der Waals surface area contributed by atoms with Gasteiger partial charge in [-0.3, -0.25) is 5.43 Å². The van der Waals surface area contributed by atoms with Crippen molar-refractivity contribution in [3.05, 3.63) is 24.6 Å². The lowest BCUT2D eigenvalue weighted by Gasteiger charge is -1.99. The minimum Gasteiger partial charge on any atom is -0.389 e. The lowest BCUT2D eigenvalue weighted by Crippen LogP contribution is -2.20. The smallest absolute Gasteiger partial charge is 0.156 e. The molecule has 0 aromatic heterocycles. The molecule has 1 aliphatic heterocycles. The first-order valence-electron chi connectivity index (χ1n) is 4.00. The Bertz CT molecular complexity index is 264. The Morgan fingerprint density at radius 2 is 2.62 bits per heavy atom. The summed E-state index contributed by atoms with van der Waals surface area (Å²) in [6.45, 7) is 4.84. The molecule has 5 nitrogen and oxygen atoms in total. The Morgan fingerprint density at radius 1 is 1.77 bits per heavy atom. The third kappa shape index (κ3) is 2.72. The highest BCUT2D eigenvalue weighted by Gasteiger charge is 2.08. The quantitative estimate of drug-likeness (QED) is 0.512. The van der Waals surface area contributed by atoms with Crippen molar-refractivity contribution in [2.75, 3.05) is 13.1 Å². The first-order chi connectivity index (χ1) is 6.38. The van der Waals surface area contributed by atoms with Gasteiger partial charge in [0, 0.05) is 25.5 Å². The SMILES string of the molecule is C=C/N=C1/NN=C/C1=C\NCCN. The van der Waals surface area contributed by atoms with E-state index in [1.807, 2.05) is 6.20 Å². The summed E-state index contributed by atoms with van der Waals surface area (Å²) in [5.74, 6) is 0.694. The molecular weight excluding hydrogens is 166 g/mol. The van der Waals surface area contributed by atoms with Gasteiger partial charge in [-0.15, -0.1) is 0 Å². The van der Waals surface area contributed by atoms with Crippen LogP contribution in [0.25, 0.3) is 0 Å². The van der Waals surface area contributed by atoms with Crippen LogP contribution in [-0.2, 0) is 0 Å². The molecular formula is C8H13N5. The lowest BCUT2D eigenvalue weighted by atomic mass is 10.3. The fraction of sp³-hybridized carbons (Fsp3) is 0.250. The Labute approximate surface area is 77.1 Å². The number of nitrogens with zero attached hydrogens (tertiary/aromatic N) is 2. The highest BCUT2D eigenvalue weighted by atomic mass is 15.3. The van der Waals surface area contributed by atoms with Crippen LogP contribution in [0.4, 0.5) is 0 Å². The number of hydrogen-bond acceptors (Lipinski definition) is 4. The molecule has 1 heterocycles. The van der Waals surface area contributed by atoms with Crippen LogP contribution in [0.15, 0.2) is 34.6 Å². The standard InChI is InChI=1S/C8H13N5/c1-2-11-8-7(6-12-13-8)5-10-4-3-9/h2,5-6,10H,1,3-4,9H2,(H,11,13)/b7-5+. The molecule has 0 unspecified atom stereocenters. The van der Waals surface area contributed by atoms with Crippen LogP contribution in [0.1, 0.15) is 0 Å². The molecule has 4 N–H and O–H groups in total. The fourth-order valence-corrected chi connectivity index (χ4v) is 0.854. The molecule has 0 fully saturated rings. The van der Waals surface area contributed by atoms with Crippen molar-refractivity contribution in [3.8, 4) is 0 Å². The van der Waals surface area contributed by atoms with E-state index in [-0.39, 0.29) is 0 Å². The van der Waals surface area contributed by atoms with Gasteiger partial charge in [-0.2, -0.15) is 5.10 Å². The van der Waals surface area contributed by atoms with Gasteiger partial charge in [-0.1, -0.05) is 6.58 Å².